The van der Waals surface area contributed by atoms with Gasteiger partial charge < -0.3 is 0 Å². The average Bonchev–Trinajstić information content (AvgIpc) is 2.51. The van der Waals surface area contributed by atoms with Crippen molar-refractivity contribution in [3.63, 3.8) is 0 Å². The SMILES string of the molecule is CCCCC(CC)(C1=CCCCC1)C1CCCCC1. The smallest absolute Gasteiger partial charge is 0.00625 e. The fourth-order valence-electron chi connectivity index (χ4n) is 4.76. The molecule has 0 spiro atoms. The third-order valence-electron chi connectivity index (χ3n) is 5.92. The van der Waals surface area contributed by atoms with E-state index in [1.807, 2.05) is 5.57 Å². The summed E-state index contributed by atoms with van der Waals surface area (Å²) in [6.45, 7) is 4.83. The molecule has 2 aliphatic rings. The van der Waals surface area contributed by atoms with Crippen LogP contribution in [-0.4, -0.2) is 0 Å². The first-order valence-corrected chi connectivity index (χ1v) is 9.03. The van der Waals surface area contributed by atoms with E-state index in [4.69, 9.17) is 0 Å². The number of allylic oxidation sites excluding steroid dienone is 2. The van der Waals surface area contributed by atoms with Gasteiger partial charge in [0.15, 0.2) is 0 Å². The Balaban J connectivity index is 2.20. The summed E-state index contributed by atoms with van der Waals surface area (Å²) in [7, 11) is 0. The summed E-state index contributed by atoms with van der Waals surface area (Å²) in [5.41, 5.74) is 2.47. The van der Waals surface area contributed by atoms with Gasteiger partial charge in [0.2, 0.25) is 0 Å². The molecular formula is C19H34. The Morgan fingerprint density at radius 3 is 2.42 bits per heavy atom. The van der Waals surface area contributed by atoms with E-state index >= 15 is 0 Å². The second-order valence-corrected chi connectivity index (χ2v) is 6.92. The molecule has 0 nitrogen and oxygen atoms in total. The minimum absolute atomic E-state index is 0.594. The summed E-state index contributed by atoms with van der Waals surface area (Å²) >= 11 is 0. The Labute approximate surface area is 121 Å². The van der Waals surface area contributed by atoms with Crippen LogP contribution in [0.4, 0.5) is 0 Å². The van der Waals surface area contributed by atoms with E-state index in [-0.39, 0.29) is 0 Å². The highest BCUT2D eigenvalue weighted by Crippen LogP contribution is 2.51. The van der Waals surface area contributed by atoms with Gasteiger partial charge in [0.25, 0.3) is 0 Å². The Kier molecular flexibility index (Phi) is 5.98. The van der Waals surface area contributed by atoms with Gasteiger partial charge in [-0.25, -0.2) is 0 Å². The van der Waals surface area contributed by atoms with E-state index < -0.39 is 0 Å². The van der Waals surface area contributed by atoms with E-state index in [0.29, 0.717) is 5.41 Å². The Morgan fingerprint density at radius 2 is 1.84 bits per heavy atom. The zero-order chi connectivity index (χ0) is 13.6. The highest BCUT2D eigenvalue weighted by molar-refractivity contribution is 5.18. The highest BCUT2D eigenvalue weighted by Gasteiger charge is 2.39. The van der Waals surface area contributed by atoms with Gasteiger partial charge in [-0.3, -0.25) is 0 Å². The predicted molar refractivity (Wildman–Crippen MR) is 85.4 cm³/mol. The maximum atomic E-state index is 2.65. The molecule has 0 aromatic carbocycles. The molecule has 0 heterocycles. The lowest BCUT2D eigenvalue weighted by Crippen LogP contribution is -2.34. The number of hydrogen-bond donors (Lipinski definition) is 0. The van der Waals surface area contributed by atoms with Crippen molar-refractivity contribution < 1.29 is 0 Å². The molecule has 110 valence electrons. The minimum Gasteiger partial charge on any atom is -0.0848 e. The molecule has 2 rings (SSSR count). The van der Waals surface area contributed by atoms with Gasteiger partial charge >= 0.3 is 0 Å². The van der Waals surface area contributed by atoms with Crippen molar-refractivity contribution in [2.24, 2.45) is 11.3 Å². The van der Waals surface area contributed by atoms with Crippen LogP contribution >= 0.6 is 0 Å². The zero-order valence-electron chi connectivity index (χ0n) is 13.3. The number of unbranched alkanes of at least 4 members (excludes halogenated alkanes) is 1. The van der Waals surface area contributed by atoms with E-state index in [1.54, 1.807) is 0 Å². The van der Waals surface area contributed by atoms with E-state index in [2.05, 4.69) is 19.9 Å². The van der Waals surface area contributed by atoms with Crippen LogP contribution in [0.1, 0.15) is 97.3 Å². The van der Waals surface area contributed by atoms with Gasteiger partial charge in [-0.05, 0) is 62.7 Å². The standard InChI is InChI=1S/C19H34/c1-3-5-16-19(4-2,17-12-8-6-9-13-17)18-14-10-7-11-15-18/h12,18H,3-11,13-16H2,1-2H3. The molecule has 0 aromatic heterocycles. The van der Waals surface area contributed by atoms with Gasteiger partial charge in [-0.1, -0.05) is 57.6 Å². The molecule has 0 N–H and O–H groups in total. The third-order valence-corrected chi connectivity index (χ3v) is 5.92. The first-order valence-electron chi connectivity index (χ1n) is 9.03. The van der Waals surface area contributed by atoms with Crippen LogP contribution in [0, 0.1) is 11.3 Å². The molecule has 0 amide bonds. The zero-order valence-corrected chi connectivity index (χ0v) is 13.3. The molecule has 0 aliphatic heterocycles. The quantitative estimate of drug-likeness (QED) is 0.470. The molecule has 1 unspecified atom stereocenters. The number of rotatable bonds is 6. The first-order chi connectivity index (χ1) is 9.33. The van der Waals surface area contributed by atoms with Gasteiger partial charge in [0.1, 0.15) is 0 Å². The van der Waals surface area contributed by atoms with Crippen molar-refractivity contribution in [1.29, 1.82) is 0 Å². The van der Waals surface area contributed by atoms with Crippen LogP contribution in [0.3, 0.4) is 0 Å². The third kappa shape index (κ3) is 3.44. The van der Waals surface area contributed by atoms with Crippen LogP contribution in [0.15, 0.2) is 11.6 Å². The lowest BCUT2D eigenvalue weighted by Gasteiger charge is -2.46. The minimum atomic E-state index is 0.594. The lowest BCUT2D eigenvalue weighted by atomic mass is 9.59. The van der Waals surface area contributed by atoms with Gasteiger partial charge in [-0.2, -0.15) is 0 Å². The maximum Gasteiger partial charge on any atom is -0.00625 e. The molecule has 1 fully saturated rings. The predicted octanol–water partition coefficient (Wildman–Crippen LogP) is 6.65. The average molecular weight is 262 g/mol. The topological polar surface area (TPSA) is 0 Å². The summed E-state index contributed by atoms with van der Waals surface area (Å²) in [5.74, 6) is 1.00. The van der Waals surface area contributed by atoms with E-state index in [1.165, 1.54) is 83.5 Å². The number of hydrogen-bond acceptors (Lipinski definition) is 0. The molecule has 1 saturated carbocycles. The summed E-state index contributed by atoms with van der Waals surface area (Å²) < 4.78 is 0. The fraction of sp³-hybridized carbons (Fsp3) is 0.895. The van der Waals surface area contributed by atoms with Crippen LogP contribution in [0.2, 0.25) is 0 Å². The molecule has 0 radical (unpaired) electrons. The Morgan fingerprint density at radius 1 is 1.05 bits per heavy atom. The maximum absolute atomic E-state index is 2.65. The first kappa shape index (κ1) is 15.1. The second-order valence-electron chi connectivity index (χ2n) is 6.92. The van der Waals surface area contributed by atoms with Crippen molar-refractivity contribution in [1.82, 2.24) is 0 Å². The van der Waals surface area contributed by atoms with Crippen LogP contribution in [-0.2, 0) is 0 Å². The fourth-order valence-corrected chi connectivity index (χ4v) is 4.76. The van der Waals surface area contributed by atoms with Gasteiger partial charge in [-0.15, -0.1) is 0 Å². The van der Waals surface area contributed by atoms with Crippen LogP contribution in [0.25, 0.3) is 0 Å². The Bertz CT molecular complexity index is 282. The Hall–Kier alpha value is -0.260. The normalized spacial score (nSPS) is 24.8. The largest absolute Gasteiger partial charge is 0.0848 e. The molecule has 0 aromatic rings. The van der Waals surface area contributed by atoms with Crippen molar-refractivity contribution >= 4 is 0 Å². The van der Waals surface area contributed by atoms with Crippen LogP contribution in [0.5, 0.6) is 0 Å². The lowest BCUT2D eigenvalue weighted by molar-refractivity contribution is 0.128. The summed E-state index contributed by atoms with van der Waals surface area (Å²) in [6.07, 6.45) is 21.4. The van der Waals surface area contributed by atoms with Crippen molar-refractivity contribution in [3.05, 3.63) is 11.6 Å². The van der Waals surface area contributed by atoms with Crippen molar-refractivity contribution in [2.75, 3.05) is 0 Å². The van der Waals surface area contributed by atoms with Crippen LogP contribution < -0.4 is 0 Å². The molecular weight excluding hydrogens is 228 g/mol. The molecule has 0 saturated heterocycles. The van der Waals surface area contributed by atoms with Gasteiger partial charge in [0.05, 0.1) is 0 Å². The highest BCUT2D eigenvalue weighted by atomic mass is 14.4. The molecule has 0 heteroatoms. The molecule has 2 aliphatic carbocycles. The van der Waals surface area contributed by atoms with Crippen molar-refractivity contribution in [2.45, 2.75) is 97.3 Å². The molecule has 1 atom stereocenters. The van der Waals surface area contributed by atoms with E-state index in [9.17, 15) is 0 Å². The molecule has 0 bridgehead atoms. The van der Waals surface area contributed by atoms with E-state index in [0.717, 1.165) is 5.92 Å². The summed E-state index contributed by atoms with van der Waals surface area (Å²) in [5, 5.41) is 0. The second kappa shape index (κ2) is 7.50. The molecule has 19 heavy (non-hydrogen) atoms. The summed E-state index contributed by atoms with van der Waals surface area (Å²) in [4.78, 5) is 0. The van der Waals surface area contributed by atoms with Gasteiger partial charge in [0, 0.05) is 0 Å². The van der Waals surface area contributed by atoms with Crippen molar-refractivity contribution in [3.8, 4) is 0 Å². The monoisotopic (exact) mass is 262 g/mol. The summed E-state index contributed by atoms with van der Waals surface area (Å²) in [6, 6.07) is 0.